The van der Waals surface area contributed by atoms with Crippen molar-refractivity contribution in [3.05, 3.63) is 89.1 Å². The first kappa shape index (κ1) is 37.1. The van der Waals surface area contributed by atoms with Gasteiger partial charge in [0, 0.05) is 69.6 Å². The second kappa shape index (κ2) is 16.8. The third-order valence-corrected chi connectivity index (χ3v) is 10.3. The number of amides is 1. The fraction of sp³-hybridized carbons (Fsp3) is 0.538. The average molecular weight is 707 g/mol. The molecule has 3 atom stereocenters. The summed E-state index contributed by atoms with van der Waals surface area (Å²) >= 11 is 0. The molecular formula is C39H52F2N6O4. The Kier molecular flexibility index (Phi) is 12.2. The largest absolute Gasteiger partial charge is 0.489 e. The van der Waals surface area contributed by atoms with Crippen LogP contribution in [-0.2, 0) is 33.8 Å². The Bertz CT molecular complexity index is 1600. The van der Waals surface area contributed by atoms with Gasteiger partial charge in [-0.2, -0.15) is 0 Å². The van der Waals surface area contributed by atoms with Crippen molar-refractivity contribution < 1.29 is 27.8 Å². The van der Waals surface area contributed by atoms with Crippen molar-refractivity contribution in [2.75, 3.05) is 50.8 Å². The molecule has 10 nitrogen and oxygen atoms in total. The summed E-state index contributed by atoms with van der Waals surface area (Å²) in [6.45, 7) is 13.0. The molecule has 1 unspecified atom stereocenters. The topological polar surface area (TPSA) is 96.6 Å². The number of carbonyl (C=O) groups is 1. The quantitative estimate of drug-likeness (QED) is 0.202. The minimum absolute atomic E-state index is 0.0292. The monoisotopic (exact) mass is 706 g/mol. The van der Waals surface area contributed by atoms with Crippen LogP contribution in [0.4, 0.5) is 14.6 Å². The van der Waals surface area contributed by atoms with Crippen LogP contribution in [0.5, 0.6) is 5.75 Å². The van der Waals surface area contributed by atoms with E-state index < -0.39 is 29.9 Å². The number of pyridine rings is 1. The number of likely N-dealkylation sites (tertiary alicyclic amines) is 2. The lowest BCUT2D eigenvalue weighted by Gasteiger charge is -2.49. The van der Waals surface area contributed by atoms with Gasteiger partial charge in [-0.1, -0.05) is 36.4 Å². The van der Waals surface area contributed by atoms with E-state index in [0.717, 1.165) is 18.7 Å². The van der Waals surface area contributed by atoms with Crippen molar-refractivity contribution in [3.8, 4) is 5.75 Å². The number of benzene rings is 2. The zero-order valence-electron chi connectivity index (χ0n) is 30.2. The molecule has 1 aromatic heterocycles. The fourth-order valence-corrected chi connectivity index (χ4v) is 7.64. The Balaban J connectivity index is 1.11. The lowest BCUT2D eigenvalue weighted by atomic mass is 10.0. The third kappa shape index (κ3) is 8.86. The van der Waals surface area contributed by atoms with Crippen molar-refractivity contribution in [1.29, 1.82) is 0 Å². The highest BCUT2D eigenvalue weighted by Crippen LogP contribution is 2.36. The number of piperazine rings is 1. The van der Waals surface area contributed by atoms with Crippen LogP contribution in [0.2, 0.25) is 0 Å². The molecule has 3 aliphatic heterocycles. The summed E-state index contributed by atoms with van der Waals surface area (Å²) in [5.41, 5.74) is 8.24. The highest BCUT2D eigenvalue weighted by molar-refractivity contribution is 5.82. The van der Waals surface area contributed by atoms with Crippen LogP contribution in [-0.4, -0.2) is 108 Å². The van der Waals surface area contributed by atoms with Gasteiger partial charge in [0.05, 0.1) is 24.8 Å². The molecule has 4 heterocycles. The molecule has 0 saturated carbocycles. The molecule has 1 amide bonds. The molecule has 0 spiro atoms. The lowest BCUT2D eigenvalue weighted by Crippen LogP contribution is -2.64. The summed E-state index contributed by atoms with van der Waals surface area (Å²) in [6, 6.07) is 18.2. The van der Waals surface area contributed by atoms with Crippen molar-refractivity contribution in [1.82, 2.24) is 19.7 Å². The van der Waals surface area contributed by atoms with E-state index >= 15 is 8.78 Å². The molecule has 276 valence electrons. The van der Waals surface area contributed by atoms with Gasteiger partial charge in [-0.05, 0) is 69.9 Å². The molecule has 2 aromatic carbocycles. The number of nitrogens with zero attached hydrogens (tertiary/aromatic N) is 5. The maximum Gasteiger partial charge on any atom is 0.240 e. The van der Waals surface area contributed by atoms with Crippen LogP contribution in [0.1, 0.15) is 50.9 Å². The van der Waals surface area contributed by atoms with Crippen LogP contribution in [0.3, 0.4) is 0 Å². The standard InChI is InChI=1S/C39H52F2N6O4/c1-5-49-37(50-6-2)24-45(39(48)36(42)16-28-12-14-33(18-35(28)41)51-25-27-10-8-7-9-11-27)19-29-13-15-34(40)38(43-29)44-20-32(21-44)47-23-30-17-31(47)22-46(30)26(3)4/h7-15,18,26,30-32,36-37H,5-6,16-17,19-25,42H2,1-4H3/t30-,31?,36-/m0/s1. The van der Waals surface area contributed by atoms with E-state index in [1.54, 1.807) is 18.2 Å². The molecule has 3 saturated heterocycles. The molecule has 51 heavy (non-hydrogen) atoms. The van der Waals surface area contributed by atoms with Gasteiger partial charge >= 0.3 is 0 Å². The van der Waals surface area contributed by atoms with Gasteiger partial charge < -0.3 is 29.7 Å². The molecule has 3 fully saturated rings. The number of hydrogen-bond acceptors (Lipinski definition) is 9. The zero-order valence-corrected chi connectivity index (χ0v) is 30.2. The van der Waals surface area contributed by atoms with Crippen molar-refractivity contribution >= 4 is 11.7 Å². The van der Waals surface area contributed by atoms with E-state index in [-0.39, 0.29) is 25.3 Å². The van der Waals surface area contributed by atoms with Gasteiger partial charge in [0.15, 0.2) is 17.9 Å². The number of ether oxygens (including phenoxy) is 3. The number of aromatic nitrogens is 1. The Labute approximate surface area is 300 Å². The van der Waals surface area contributed by atoms with E-state index in [4.69, 9.17) is 24.9 Å². The van der Waals surface area contributed by atoms with Gasteiger partial charge in [0.1, 0.15) is 18.2 Å². The Morgan fingerprint density at radius 3 is 2.33 bits per heavy atom. The third-order valence-electron chi connectivity index (χ3n) is 10.3. The Hall–Kier alpha value is -3.68. The highest BCUT2D eigenvalue weighted by atomic mass is 19.1. The minimum atomic E-state index is -1.06. The van der Waals surface area contributed by atoms with E-state index in [0.29, 0.717) is 74.1 Å². The summed E-state index contributed by atoms with van der Waals surface area (Å²) in [5.74, 6) is -0.645. The summed E-state index contributed by atoms with van der Waals surface area (Å²) in [7, 11) is 0. The van der Waals surface area contributed by atoms with E-state index in [9.17, 15) is 4.79 Å². The molecule has 6 rings (SSSR count). The van der Waals surface area contributed by atoms with Crippen LogP contribution >= 0.6 is 0 Å². The minimum Gasteiger partial charge on any atom is -0.489 e. The fourth-order valence-electron chi connectivity index (χ4n) is 7.64. The van der Waals surface area contributed by atoms with E-state index in [2.05, 4.69) is 23.6 Å². The number of hydrogen-bond donors (Lipinski definition) is 1. The van der Waals surface area contributed by atoms with Gasteiger partial charge in [0.25, 0.3) is 0 Å². The Morgan fingerprint density at radius 1 is 0.941 bits per heavy atom. The van der Waals surface area contributed by atoms with Crippen molar-refractivity contribution in [2.45, 2.75) is 90.2 Å². The molecular weight excluding hydrogens is 654 g/mol. The van der Waals surface area contributed by atoms with Crippen LogP contribution in [0.15, 0.2) is 60.7 Å². The first-order valence-electron chi connectivity index (χ1n) is 18.3. The number of fused-ring (bicyclic) bond motifs is 2. The van der Waals surface area contributed by atoms with Crippen LogP contribution in [0, 0.1) is 11.6 Å². The maximum atomic E-state index is 15.2. The molecule has 0 aliphatic carbocycles. The van der Waals surface area contributed by atoms with Gasteiger partial charge in [-0.25, -0.2) is 13.8 Å². The molecule has 2 N–H and O–H groups in total. The molecule has 2 bridgehead atoms. The van der Waals surface area contributed by atoms with E-state index in [1.165, 1.54) is 23.5 Å². The van der Waals surface area contributed by atoms with Gasteiger partial charge in [0.2, 0.25) is 5.91 Å². The molecule has 0 radical (unpaired) electrons. The predicted molar refractivity (Wildman–Crippen MR) is 192 cm³/mol. The summed E-state index contributed by atoms with van der Waals surface area (Å²) in [6.07, 6.45) is 0.472. The summed E-state index contributed by atoms with van der Waals surface area (Å²) in [4.78, 5) is 27.3. The predicted octanol–water partition coefficient (Wildman–Crippen LogP) is 4.59. The number of anilines is 1. The second-order valence-corrected chi connectivity index (χ2v) is 14.1. The molecule has 3 aromatic rings. The summed E-state index contributed by atoms with van der Waals surface area (Å²) < 4.78 is 47.7. The van der Waals surface area contributed by atoms with E-state index in [1.807, 2.05) is 49.1 Å². The van der Waals surface area contributed by atoms with Gasteiger partial charge in [-0.15, -0.1) is 0 Å². The number of carbonyl (C=O) groups excluding carboxylic acids is 1. The molecule has 3 aliphatic rings. The number of halogens is 2. The second-order valence-electron chi connectivity index (χ2n) is 14.1. The van der Waals surface area contributed by atoms with Crippen LogP contribution < -0.4 is 15.4 Å². The Morgan fingerprint density at radius 2 is 1.69 bits per heavy atom. The van der Waals surface area contributed by atoms with Gasteiger partial charge in [-0.3, -0.25) is 14.6 Å². The van der Waals surface area contributed by atoms with Crippen molar-refractivity contribution in [3.63, 3.8) is 0 Å². The van der Waals surface area contributed by atoms with Crippen molar-refractivity contribution in [2.24, 2.45) is 5.73 Å². The normalized spacial score (nSPS) is 20.0. The van der Waals surface area contributed by atoms with Crippen LogP contribution in [0.25, 0.3) is 0 Å². The number of nitrogens with two attached hydrogens (primary N) is 1. The average Bonchev–Trinajstić information content (AvgIpc) is 3.71. The number of rotatable bonds is 17. The maximum absolute atomic E-state index is 15.2. The zero-order chi connectivity index (χ0) is 36.1. The first-order chi connectivity index (χ1) is 24.6. The first-order valence-corrected chi connectivity index (χ1v) is 18.3. The smallest absolute Gasteiger partial charge is 0.240 e. The summed E-state index contributed by atoms with van der Waals surface area (Å²) in [5, 5.41) is 0. The lowest BCUT2D eigenvalue weighted by molar-refractivity contribution is -0.160. The molecule has 12 heteroatoms. The highest BCUT2D eigenvalue weighted by Gasteiger charge is 2.49. The SMILES string of the molecule is CCOC(CN(Cc1ccc(F)c(N2CC(N3C[C@@H]4CC3CN4C(C)C)C2)n1)C(=O)[C@@H](N)Cc1ccc(OCc2ccccc2)cc1F)OCC.